The average Bonchev–Trinajstić information content (AvgIpc) is 2.61. The van der Waals surface area contributed by atoms with Crippen molar-refractivity contribution in [3.05, 3.63) is 40.9 Å². The number of nitrogens with zero attached hydrogens (tertiary/aromatic N) is 1. The number of ether oxygens (including phenoxy) is 1. The van der Waals surface area contributed by atoms with Crippen LogP contribution >= 0.6 is 0 Å². The summed E-state index contributed by atoms with van der Waals surface area (Å²) < 4.78 is 65.6. The van der Waals surface area contributed by atoms with Gasteiger partial charge in [-0.3, -0.25) is 0 Å². The summed E-state index contributed by atoms with van der Waals surface area (Å²) in [6.07, 6.45) is -3.24. The summed E-state index contributed by atoms with van der Waals surface area (Å²) in [5.74, 6) is 0.152. The van der Waals surface area contributed by atoms with Crippen molar-refractivity contribution >= 4 is 14.9 Å². The van der Waals surface area contributed by atoms with Crippen molar-refractivity contribution in [3.8, 4) is 5.75 Å². The predicted molar refractivity (Wildman–Crippen MR) is 67.1 cm³/mol. The van der Waals surface area contributed by atoms with E-state index >= 15 is 0 Å². The Hall–Kier alpha value is -1.83. The summed E-state index contributed by atoms with van der Waals surface area (Å²) in [6, 6.07) is 4.01. The molecule has 0 unspecified atom stereocenters. The molecule has 1 aliphatic heterocycles. The number of hydrogen-bond acceptors (Lipinski definition) is 4. The third-order valence-electron chi connectivity index (χ3n) is 2.69. The summed E-state index contributed by atoms with van der Waals surface area (Å²) in [7, 11) is -3.56. The minimum Gasteiger partial charge on any atom is -0.488 e. The molecule has 0 saturated heterocycles. The molecule has 2 rings (SSSR count). The number of aliphatic imine (C=N–C) groups is 1. The zero-order valence-electron chi connectivity index (χ0n) is 10.3. The van der Waals surface area contributed by atoms with Crippen LogP contribution in [0.2, 0.25) is 0 Å². The van der Waals surface area contributed by atoms with Crippen molar-refractivity contribution in [2.75, 3.05) is 6.61 Å². The lowest BCUT2D eigenvalue weighted by molar-refractivity contribution is -0.137. The highest BCUT2D eigenvalue weighted by molar-refractivity contribution is 8.09. The zero-order valence-corrected chi connectivity index (χ0v) is 11.1. The molecule has 0 fully saturated rings. The first-order valence-electron chi connectivity index (χ1n) is 5.50. The second-order valence-electron chi connectivity index (χ2n) is 4.06. The van der Waals surface area contributed by atoms with E-state index in [-0.39, 0.29) is 22.3 Å². The number of rotatable bonds is 3. The predicted octanol–water partition coefficient (Wildman–Crippen LogP) is 2.77. The summed E-state index contributed by atoms with van der Waals surface area (Å²) in [4.78, 5) is 3.65. The normalized spacial score (nSPS) is 17.6. The molecule has 8 heteroatoms. The van der Waals surface area contributed by atoms with Gasteiger partial charge < -0.3 is 4.74 Å². The lowest BCUT2D eigenvalue weighted by atomic mass is 10.2. The van der Waals surface area contributed by atoms with Crippen molar-refractivity contribution in [2.45, 2.75) is 13.1 Å². The molecule has 4 nitrogen and oxygen atoms in total. The van der Waals surface area contributed by atoms with Gasteiger partial charge >= 0.3 is 6.18 Å². The maximum atomic E-state index is 12.4. The Labute approximate surface area is 113 Å². The maximum absolute atomic E-state index is 12.4. The van der Waals surface area contributed by atoms with Gasteiger partial charge in [0.25, 0.3) is 0 Å². The van der Waals surface area contributed by atoms with Gasteiger partial charge in [-0.2, -0.15) is 13.2 Å². The second kappa shape index (κ2) is 4.93. The Morgan fingerprint density at radius 1 is 1.20 bits per heavy atom. The van der Waals surface area contributed by atoms with Gasteiger partial charge in [0.2, 0.25) is 9.84 Å². The number of alkyl halides is 3. The van der Waals surface area contributed by atoms with Gasteiger partial charge in [-0.15, -0.1) is 0 Å². The molecule has 0 radical (unpaired) electrons. The van der Waals surface area contributed by atoms with Crippen LogP contribution in [-0.2, 0) is 16.0 Å². The van der Waals surface area contributed by atoms with Crippen LogP contribution in [0.5, 0.6) is 5.75 Å². The lowest BCUT2D eigenvalue weighted by Crippen LogP contribution is -2.14. The Bertz CT molecular complexity index is 673. The van der Waals surface area contributed by atoms with Crippen LogP contribution in [0.1, 0.15) is 12.5 Å². The molecular formula is C12H10F3NO3S. The number of halogens is 3. The zero-order chi connectivity index (χ0) is 15.0. The first kappa shape index (κ1) is 14.6. The summed E-state index contributed by atoms with van der Waals surface area (Å²) in [5, 5.41) is -0.0245. The van der Waals surface area contributed by atoms with Crippen LogP contribution < -0.4 is 4.74 Å². The summed E-state index contributed by atoms with van der Waals surface area (Å²) >= 11 is 0. The monoisotopic (exact) mass is 305 g/mol. The molecule has 0 N–H and O–H groups in total. The highest BCUT2D eigenvalue weighted by Gasteiger charge is 2.30. The van der Waals surface area contributed by atoms with E-state index in [4.69, 9.17) is 4.74 Å². The van der Waals surface area contributed by atoms with Gasteiger partial charge in [0, 0.05) is 6.20 Å². The molecule has 0 aliphatic carbocycles. The minimum atomic E-state index is -4.42. The van der Waals surface area contributed by atoms with Crippen molar-refractivity contribution in [1.29, 1.82) is 0 Å². The fourth-order valence-corrected chi connectivity index (χ4v) is 2.48. The van der Waals surface area contributed by atoms with E-state index in [9.17, 15) is 21.6 Å². The molecule has 0 aromatic heterocycles. The van der Waals surface area contributed by atoms with Gasteiger partial charge in [0.05, 0.1) is 5.56 Å². The van der Waals surface area contributed by atoms with E-state index in [0.717, 1.165) is 24.3 Å². The molecule has 108 valence electrons. The standard InChI is InChI=1S/C12H10F3NO3S/c1-8-16-6-11(20(8,17)18)7-19-10-4-2-9(3-5-10)12(13,14)15/h2-6H,7H2,1H3. The van der Waals surface area contributed by atoms with Crippen molar-refractivity contribution in [1.82, 2.24) is 0 Å². The van der Waals surface area contributed by atoms with Crippen molar-refractivity contribution < 1.29 is 26.3 Å². The smallest absolute Gasteiger partial charge is 0.416 e. The highest BCUT2D eigenvalue weighted by atomic mass is 32.2. The quantitative estimate of drug-likeness (QED) is 0.863. The largest absolute Gasteiger partial charge is 0.488 e. The fourth-order valence-electron chi connectivity index (χ4n) is 1.50. The van der Waals surface area contributed by atoms with E-state index in [2.05, 4.69) is 4.99 Å². The molecule has 1 aliphatic rings. The minimum absolute atomic E-state index is 0.0186. The van der Waals surface area contributed by atoms with Gasteiger partial charge in [-0.1, -0.05) is 0 Å². The third kappa shape index (κ3) is 2.84. The summed E-state index contributed by atoms with van der Waals surface area (Å²) in [5.41, 5.74) is -0.795. The van der Waals surface area contributed by atoms with E-state index in [1.807, 2.05) is 0 Å². The van der Waals surface area contributed by atoms with Crippen molar-refractivity contribution in [2.24, 2.45) is 4.99 Å². The summed E-state index contributed by atoms with van der Waals surface area (Å²) in [6.45, 7) is 1.09. The topological polar surface area (TPSA) is 55.7 Å². The molecule has 20 heavy (non-hydrogen) atoms. The van der Waals surface area contributed by atoms with Crippen LogP contribution in [0, 0.1) is 0 Å². The average molecular weight is 305 g/mol. The fraction of sp³-hybridized carbons (Fsp3) is 0.250. The van der Waals surface area contributed by atoms with Crippen LogP contribution in [0.3, 0.4) is 0 Å². The van der Waals surface area contributed by atoms with Gasteiger partial charge in [0.15, 0.2) is 0 Å². The highest BCUT2D eigenvalue weighted by Crippen LogP contribution is 2.30. The van der Waals surface area contributed by atoms with Crippen LogP contribution in [0.4, 0.5) is 13.2 Å². The molecular weight excluding hydrogens is 295 g/mol. The molecule has 0 atom stereocenters. The molecule has 1 aromatic carbocycles. The lowest BCUT2D eigenvalue weighted by Gasteiger charge is -2.09. The van der Waals surface area contributed by atoms with Gasteiger partial charge in [0.1, 0.15) is 22.3 Å². The number of hydrogen-bond donors (Lipinski definition) is 0. The van der Waals surface area contributed by atoms with Crippen LogP contribution in [0.15, 0.2) is 40.4 Å². The first-order chi connectivity index (χ1) is 9.21. The Morgan fingerprint density at radius 2 is 1.80 bits per heavy atom. The molecule has 1 heterocycles. The molecule has 0 bridgehead atoms. The third-order valence-corrected chi connectivity index (χ3v) is 4.48. The molecule has 0 amide bonds. The van der Waals surface area contributed by atoms with Crippen LogP contribution in [-0.4, -0.2) is 20.1 Å². The van der Waals surface area contributed by atoms with E-state index in [0.29, 0.717) is 0 Å². The first-order valence-corrected chi connectivity index (χ1v) is 6.98. The van der Waals surface area contributed by atoms with Crippen molar-refractivity contribution in [3.63, 3.8) is 0 Å². The van der Waals surface area contributed by atoms with E-state index in [1.54, 1.807) is 0 Å². The SMILES string of the molecule is CC1=NC=C(COc2ccc(C(F)(F)F)cc2)S1(=O)=O. The number of benzene rings is 1. The molecule has 0 saturated carbocycles. The Kier molecular flexibility index (Phi) is 3.59. The van der Waals surface area contributed by atoms with E-state index < -0.39 is 21.6 Å². The second-order valence-corrected chi connectivity index (χ2v) is 6.18. The van der Waals surface area contributed by atoms with Gasteiger partial charge in [-0.05, 0) is 31.2 Å². The molecule has 1 aromatic rings. The maximum Gasteiger partial charge on any atom is 0.416 e. The van der Waals surface area contributed by atoms with Crippen LogP contribution in [0.25, 0.3) is 0 Å². The molecule has 0 spiro atoms. The number of sulfone groups is 1. The van der Waals surface area contributed by atoms with E-state index in [1.165, 1.54) is 13.1 Å². The Morgan fingerprint density at radius 3 is 2.25 bits per heavy atom. The van der Waals surface area contributed by atoms with Gasteiger partial charge in [-0.25, -0.2) is 13.4 Å². The Balaban J connectivity index is 2.03.